The Balaban J connectivity index is 0.819. The molecule has 6 heteroatoms. The van der Waals surface area contributed by atoms with Crippen LogP contribution in [0.2, 0.25) is 0 Å². The smallest absolute Gasteiger partial charge is 0.0991 e. The first kappa shape index (κ1) is 50.8. The average Bonchev–Trinajstić information content (AvgIpc) is 3.55. The van der Waals surface area contributed by atoms with E-state index in [-0.39, 0.29) is 0 Å². The molecule has 0 fully saturated rings. The summed E-state index contributed by atoms with van der Waals surface area (Å²) in [6.07, 6.45) is 4.19. The predicted molar refractivity (Wildman–Crippen MR) is 349 cm³/mol. The second-order valence-corrected chi connectivity index (χ2v) is 21.1. The third kappa shape index (κ3) is 9.60. The monoisotopic (exact) mass is 1070 g/mol. The molecule has 13 aromatic carbocycles. The second kappa shape index (κ2) is 22.2. The molecule has 13 aromatic rings. The van der Waals surface area contributed by atoms with Crippen molar-refractivity contribution in [2.45, 2.75) is 12.8 Å². The van der Waals surface area contributed by atoms with Crippen molar-refractivity contribution in [1.29, 1.82) is 10.5 Å². The molecule has 0 aliphatic heterocycles. The van der Waals surface area contributed by atoms with Gasteiger partial charge in [0.15, 0.2) is 0 Å². The Morgan fingerprint density at radius 3 is 0.940 bits per heavy atom. The van der Waals surface area contributed by atoms with Crippen molar-refractivity contribution in [2.75, 3.05) is 19.6 Å². The van der Waals surface area contributed by atoms with Gasteiger partial charge < -0.3 is 19.6 Å². The van der Waals surface area contributed by atoms with E-state index in [0.29, 0.717) is 11.1 Å². The molecule has 0 spiro atoms. The van der Waals surface area contributed by atoms with Crippen LogP contribution in [0.25, 0.3) is 55.2 Å². The number of fused-ring (bicyclic) bond motifs is 4. The lowest BCUT2D eigenvalue weighted by molar-refractivity contribution is 1.03. The average molecular weight is 1080 g/mol. The molecule has 84 heavy (non-hydrogen) atoms. The molecule has 0 heterocycles. The van der Waals surface area contributed by atoms with E-state index < -0.39 is 0 Å². The molecule has 0 radical (unpaired) electrons. The van der Waals surface area contributed by atoms with Crippen molar-refractivity contribution in [1.82, 2.24) is 0 Å². The highest BCUT2D eigenvalue weighted by atomic mass is 15.2. The summed E-state index contributed by atoms with van der Waals surface area (Å²) in [4.78, 5) is 9.35. The zero-order valence-corrected chi connectivity index (χ0v) is 46.0. The third-order valence-corrected chi connectivity index (χ3v) is 16.1. The quantitative estimate of drug-likeness (QED) is 0.115. The molecule has 1 aliphatic rings. The van der Waals surface area contributed by atoms with E-state index in [1.54, 1.807) is 0 Å². The third-order valence-electron chi connectivity index (χ3n) is 16.1. The van der Waals surface area contributed by atoms with Crippen LogP contribution in [0, 0.1) is 22.7 Å². The molecule has 0 aromatic heterocycles. The molecular formula is C78H54N6. The largest absolute Gasteiger partial charge is 0.314 e. The van der Waals surface area contributed by atoms with Gasteiger partial charge in [-0.3, -0.25) is 0 Å². The highest BCUT2D eigenvalue weighted by Crippen LogP contribution is 2.45. The van der Waals surface area contributed by atoms with Crippen molar-refractivity contribution in [3.63, 3.8) is 0 Å². The Labute approximate surface area is 489 Å². The number of rotatable bonds is 13. The summed E-state index contributed by atoms with van der Waals surface area (Å²) in [6, 6.07) is 110. The van der Waals surface area contributed by atoms with Crippen LogP contribution in [0.5, 0.6) is 0 Å². The van der Waals surface area contributed by atoms with E-state index >= 15 is 0 Å². The molecule has 6 nitrogen and oxygen atoms in total. The number of hydrogen-bond donors (Lipinski definition) is 0. The van der Waals surface area contributed by atoms with Gasteiger partial charge in [-0.1, -0.05) is 164 Å². The fourth-order valence-corrected chi connectivity index (χ4v) is 12.1. The molecule has 0 unspecified atom stereocenters. The summed E-state index contributed by atoms with van der Waals surface area (Å²) in [5.74, 6) is 0. The van der Waals surface area contributed by atoms with Crippen molar-refractivity contribution in [3.8, 4) is 23.3 Å². The number of anilines is 11. The second-order valence-electron chi connectivity index (χ2n) is 21.1. The van der Waals surface area contributed by atoms with Gasteiger partial charge in [0, 0.05) is 72.6 Å². The minimum Gasteiger partial charge on any atom is -0.314 e. The van der Waals surface area contributed by atoms with Gasteiger partial charge >= 0.3 is 0 Å². The maximum Gasteiger partial charge on any atom is 0.0991 e. The van der Waals surface area contributed by atoms with Crippen molar-refractivity contribution in [2.24, 2.45) is 0 Å². The maximum absolute atomic E-state index is 9.70. The predicted octanol–water partition coefficient (Wildman–Crippen LogP) is 19.5. The highest BCUT2D eigenvalue weighted by molar-refractivity contribution is 6.02. The van der Waals surface area contributed by atoms with Crippen LogP contribution in [0.3, 0.4) is 0 Å². The number of hydrogen-bond acceptors (Lipinski definition) is 6. The molecule has 0 bridgehead atoms. The normalized spacial score (nSPS) is 11.8. The molecule has 0 saturated heterocycles. The molecule has 396 valence electrons. The molecule has 0 saturated carbocycles. The lowest BCUT2D eigenvalue weighted by Gasteiger charge is -2.31. The first-order chi connectivity index (χ1) is 41.6. The highest BCUT2D eigenvalue weighted by Gasteiger charge is 2.23. The molecule has 1 aliphatic carbocycles. The summed E-state index contributed by atoms with van der Waals surface area (Å²) >= 11 is 0. The van der Waals surface area contributed by atoms with Crippen LogP contribution in [-0.4, -0.2) is 0 Å². The van der Waals surface area contributed by atoms with Crippen molar-refractivity contribution >= 4 is 107 Å². The summed E-state index contributed by atoms with van der Waals surface area (Å²) < 4.78 is 0. The van der Waals surface area contributed by atoms with Crippen molar-refractivity contribution in [3.05, 3.63) is 319 Å². The van der Waals surface area contributed by atoms with Crippen molar-refractivity contribution < 1.29 is 0 Å². The van der Waals surface area contributed by atoms with Crippen LogP contribution >= 0.6 is 0 Å². The molecule has 0 amide bonds. The summed E-state index contributed by atoms with van der Waals surface area (Å²) in [5, 5.41) is 28.8. The van der Waals surface area contributed by atoms with Gasteiger partial charge in [0.2, 0.25) is 0 Å². The molecular weight excluding hydrogens is 1020 g/mol. The van der Waals surface area contributed by atoms with Gasteiger partial charge in [0.1, 0.15) is 0 Å². The minimum atomic E-state index is 0.619. The van der Waals surface area contributed by atoms with Crippen LogP contribution in [0.1, 0.15) is 24.0 Å². The zero-order valence-electron chi connectivity index (χ0n) is 46.0. The van der Waals surface area contributed by atoms with E-state index in [2.05, 4.69) is 287 Å². The van der Waals surface area contributed by atoms with E-state index in [1.165, 1.54) is 21.5 Å². The first-order valence-corrected chi connectivity index (χ1v) is 28.4. The fraction of sp³-hybridized carbons (Fsp3) is 0.0256. The SMILES string of the molecule is N#Cc1ccc(N(c2ccc(N(C3=c4ccccc4=CCC3)c3ccc(-c4ccc(N(c5ccc(N(c6ccc(C#N)cc6)c6cccc7ccccc67)cc5)c5cccc6ccccc56)cc4)cc3)cc2)c2cccc3ccccc23)cc1. The van der Waals surface area contributed by atoms with Crippen LogP contribution < -0.4 is 30.0 Å². The minimum absolute atomic E-state index is 0.619. The number of nitriles is 2. The van der Waals surface area contributed by atoms with Gasteiger partial charge in [-0.25, -0.2) is 0 Å². The molecule has 0 atom stereocenters. The van der Waals surface area contributed by atoms with Gasteiger partial charge in [0.05, 0.1) is 40.3 Å². The molecule has 14 rings (SSSR count). The zero-order chi connectivity index (χ0) is 56.3. The molecule has 0 N–H and O–H groups in total. The van der Waals surface area contributed by atoms with Gasteiger partial charge in [0.25, 0.3) is 0 Å². The van der Waals surface area contributed by atoms with Crippen LogP contribution in [-0.2, 0) is 0 Å². The summed E-state index contributed by atoms with van der Waals surface area (Å²) in [7, 11) is 0. The Kier molecular flexibility index (Phi) is 13.4. The lowest BCUT2D eigenvalue weighted by atomic mass is 10.0. The first-order valence-electron chi connectivity index (χ1n) is 28.4. The van der Waals surface area contributed by atoms with E-state index in [1.807, 2.05) is 48.5 Å². The Hall–Kier alpha value is -11.4. The fourth-order valence-electron chi connectivity index (χ4n) is 12.1. The Morgan fingerprint density at radius 2 is 0.571 bits per heavy atom. The maximum atomic E-state index is 9.70. The summed E-state index contributed by atoms with van der Waals surface area (Å²) in [5.41, 5.74) is 16.1. The lowest BCUT2D eigenvalue weighted by Crippen LogP contribution is -2.34. The summed E-state index contributed by atoms with van der Waals surface area (Å²) in [6.45, 7) is 0. The van der Waals surface area contributed by atoms with Crippen LogP contribution in [0.15, 0.2) is 297 Å². The Bertz CT molecular complexity index is 4770. The van der Waals surface area contributed by atoms with E-state index in [9.17, 15) is 10.5 Å². The van der Waals surface area contributed by atoms with E-state index in [4.69, 9.17) is 0 Å². The van der Waals surface area contributed by atoms with Gasteiger partial charge in [-0.05, 0) is 185 Å². The Morgan fingerprint density at radius 1 is 0.274 bits per heavy atom. The van der Waals surface area contributed by atoms with E-state index in [0.717, 1.165) is 113 Å². The number of benzene rings is 13. The van der Waals surface area contributed by atoms with Gasteiger partial charge in [-0.15, -0.1) is 0 Å². The van der Waals surface area contributed by atoms with Crippen LogP contribution in [0.4, 0.5) is 62.6 Å². The standard InChI is InChI=1S/C78H54N6/c79-53-55-29-37-63(38-30-55)81(75-25-9-17-59-13-1-5-21-71(59)75)67-45-49-69(50-46-67)83(77-27-11-19-61-15-3-7-23-73(61)77)65-41-33-57(34-42-65)58-35-43-66(44-36-58)84(78-28-12-20-62-16-4-8-24-74(62)78)70-51-47-68(48-52-70)82(64-39-31-56(54-80)32-40-64)76-26-10-18-60-14-2-6-22-72(60)76/h1-11,13-27,29-52H,12,28H2. The topological polar surface area (TPSA) is 60.5 Å². The van der Waals surface area contributed by atoms with Gasteiger partial charge in [-0.2, -0.15) is 10.5 Å². The number of nitrogens with zero attached hydrogens (tertiary/aromatic N) is 6.